The molecule has 3 fully saturated rings. The highest BCUT2D eigenvalue weighted by Gasteiger charge is 2.56. The number of hydrogen-bond acceptors (Lipinski definition) is 10. The summed E-state index contributed by atoms with van der Waals surface area (Å²) in [6, 6.07) is 12.7. The van der Waals surface area contributed by atoms with Gasteiger partial charge in [0.05, 0.1) is 34.7 Å². The number of rotatable bonds is 15. The first-order chi connectivity index (χ1) is 26.1. The highest BCUT2D eigenvalue weighted by atomic mass is 35.5. The fourth-order valence-electron chi connectivity index (χ4n) is 8.53. The molecule has 1 atom stereocenters. The fraction of sp³-hybridized carbons (Fsp3) is 0.439. The summed E-state index contributed by atoms with van der Waals surface area (Å²) >= 11 is 0. The molecule has 56 heavy (non-hydrogen) atoms. The average Bonchev–Trinajstić information content (AvgIpc) is 3.37. The number of aryl methyl sites for hydroxylation is 3. The lowest BCUT2D eigenvalue weighted by atomic mass is 9.43. The molecule has 3 aromatic heterocycles. The number of nitrogens with zero attached hydrogens (tertiary/aromatic N) is 5. The summed E-state index contributed by atoms with van der Waals surface area (Å²) in [5.41, 5.74) is 7.92. The number of carboxylic acid groups (broad SMARTS) is 1. The minimum atomic E-state index is -4.25. The van der Waals surface area contributed by atoms with E-state index in [0.29, 0.717) is 24.3 Å². The van der Waals surface area contributed by atoms with Crippen LogP contribution >= 0.6 is 12.4 Å². The van der Waals surface area contributed by atoms with Crippen LogP contribution in [-0.2, 0) is 40.4 Å². The molecule has 0 aliphatic heterocycles. The van der Waals surface area contributed by atoms with Crippen molar-refractivity contribution in [2.24, 2.45) is 18.4 Å². The zero-order valence-corrected chi connectivity index (χ0v) is 34.5. The van der Waals surface area contributed by atoms with Gasteiger partial charge in [-0.15, -0.1) is 12.4 Å². The first kappa shape index (κ1) is 41.0. The molecule has 3 heterocycles. The summed E-state index contributed by atoms with van der Waals surface area (Å²) in [6.07, 6.45) is 6.40. The molecule has 2 bridgehead atoms. The second kappa shape index (κ2) is 15.7. The number of aromatic nitrogens is 5. The van der Waals surface area contributed by atoms with Gasteiger partial charge in [0.2, 0.25) is 11.8 Å². The van der Waals surface area contributed by atoms with Crippen LogP contribution in [0.4, 0.5) is 5.95 Å². The van der Waals surface area contributed by atoms with Crippen molar-refractivity contribution in [3.63, 3.8) is 0 Å². The Balaban J connectivity index is 0.00000532. The lowest BCUT2D eigenvalue weighted by Crippen LogP contribution is -2.55. The van der Waals surface area contributed by atoms with Crippen LogP contribution in [0.25, 0.3) is 22.4 Å². The van der Waals surface area contributed by atoms with E-state index < -0.39 is 16.0 Å². The Morgan fingerprint density at radius 1 is 1.05 bits per heavy atom. The SMILES string of the molecule is COCc1c(C(C)(C)C)n(C)c2nc(CN[C@@H](COc3cc(-c4c(C)cccc4C)nc(NS(=O)(=O)c4cccc(C(=O)O)c4)n3)CC34CC(C3)C4)cnc12.Cl. The number of methoxy groups -OCH3 is 1. The normalized spacial score (nSPS) is 18.1. The minimum absolute atomic E-state index is 0. The van der Waals surface area contributed by atoms with Gasteiger partial charge in [-0.25, -0.2) is 27.9 Å². The molecule has 0 radical (unpaired) electrons. The van der Waals surface area contributed by atoms with Crippen molar-refractivity contribution in [2.45, 2.75) is 89.8 Å². The molecule has 5 aromatic rings. The maximum atomic E-state index is 13.5. The molecule has 0 amide bonds. The molecule has 8 rings (SSSR count). The Hall–Kier alpha value is -4.63. The van der Waals surface area contributed by atoms with E-state index in [1.165, 1.54) is 37.5 Å². The molecule has 3 aliphatic carbocycles. The molecule has 15 heteroatoms. The summed E-state index contributed by atoms with van der Waals surface area (Å²) in [5.74, 6) is -0.395. The van der Waals surface area contributed by atoms with Gasteiger partial charge in [0.25, 0.3) is 10.0 Å². The van der Waals surface area contributed by atoms with Gasteiger partial charge in [-0.05, 0) is 80.2 Å². The van der Waals surface area contributed by atoms with Crippen LogP contribution in [0, 0.1) is 25.2 Å². The number of carboxylic acids is 1. The quantitative estimate of drug-likeness (QED) is 0.0984. The van der Waals surface area contributed by atoms with Gasteiger partial charge >= 0.3 is 5.97 Å². The van der Waals surface area contributed by atoms with E-state index in [2.05, 4.69) is 45.3 Å². The fourth-order valence-corrected chi connectivity index (χ4v) is 9.52. The van der Waals surface area contributed by atoms with Gasteiger partial charge in [-0.3, -0.25) is 4.98 Å². The van der Waals surface area contributed by atoms with Crippen molar-refractivity contribution in [1.82, 2.24) is 29.8 Å². The van der Waals surface area contributed by atoms with Crippen molar-refractivity contribution in [3.8, 4) is 17.1 Å². The molecule has 13 nitrogen and oxygen atoms in total. The maximum absolute atomic E-state index is 13.5. The number of aromatic carboxylic acids is 1. The third-order valence-electron chi connectivity index (χ3n) is 10.9. The van der Waals surface area contributed by atoms with Gasteiger partial charge in [-0.2, -0.15) is 4.98 Å². The smallest absolute Gasteiger partial charge is 0.335 e. The first-order valence-corrected chi connectivity index (χ1v) is 20.0. The van der Waals surface area contributed by atoms with Crippen LogP contribution in [-0.4, -0.2) is 63.8 Å². The van der Waals surface area contributed by atoms with Gasteiger partial charge < -0.3 is 24.5 Å². The van der Waals surface area contributed by atoms with Crippen molar-refractivity contribution in [1.29, 1.82) is 0 Å². The predicted molar refractivity (Wildman–Crippen MR) is 217 cm³/mol. The van der Waals surface area contributed by atoms with E-state index in [-0.39, 0.29) is 52.8 Å². The highest BCUT2D eigenvalue weighted by molar-refractivity contribution is 7.92. The van der Waals surface area contributed by atoms with E-state index in [1.54, 1.807) is 13.2 Å². The molecule has 3 saturated carbocycles. The van der Waals surface area contributed by atoms with Crippen molar-refractivity contribution in [2.75, 3.05) is 18.4 Å². The van der Waals surface area contributed by atoms with Gasteiger partial charge in [0, 0.05) is 55.0 Å². The third kappa shape index (κ3) is 8.24. The average molecular weight is 804 g/mol. The predicted octanol–water partition coefficient (Wildman–Crippen LogP) is 7.13. The number of anilines is 1. The van der Waals surface area contributed by atoms with Crippen molar-refractivity contribution in [3.05, 3.63) is 88.4 Å². The largest absolute Gasteiger partial charge is 0.478 e. The molecule has 3 aliphatic rings. The van der Waals surface area contributed by atoms with Gasteiger partial charge in [0.15, 0.2) is 5.65 Å². The zero-order valence-electron chi connectivity index (χ0n) is 32.8. The van der Waals surface area contributed by atoms with E-state index in [4.69, 9.17) is 19.4 Å². The van der Waals surface area contributed by atoms with E-state index >= 15 is 0 Å². The van der Waals surface area contributed by atoms with Crippen molar-refractivity contribution < 1.29 is 27.8 Å². The maximum Gasteiger partial charge on any atom is 0.335 e. The Bertz CT molecular complexity index is 2360. The first-order valence-electron chi connectivity index (χ1n) is 18.6. The summed E-state index contributed by atoms with van der Waals surface area (Å²) in [7, 11) is -0.525. The van der Waals surface area contributed by atoms with Crippen LogP contribution in [0.3, 0.4) is 0 Å². The lowest BCUT2D eigenvalue weighted by molar-refractivity contribution is -0.119. The minimum Gasteiger partial charge on any atom is -0.478 e. The molecule has 298 valence electrons. The number of nitrogens with one attached hydrogen (secondary N) is 2. The van der Waals surface area contributed by atoms with Crippen molar-refractivity contribution >= 4 is 45.5 Å². The monoisotopic (exact) mass is 803 g/mol. The molecule has 0 unspecified atom stereocenters. The number of ether oxygens (including phenoxy) is 2. The summed E-state index contributed by atoms with van der Waals surface area (Å²) in [4.78, 5) is 30.4. The number of fused-ring (bicyclic) bond motifs is 1. The number of halogens is 1. The standard InChI is InChI=1S/C41H49N7O6S.ClH/c1-24-10-8-11-25(2)34(24)32-15-33(46-39(45-32)47-55(51,52)30-13-9-12-27(14-30)38(49)50)54-22-28(19-41-16-26(17-41)18-41)42-20-29-21-43-35-31(23-53-7)36(40(3,4)5)48(6)37(35)44-29;/h8-15,21,26,28,42H,16-20,22-23H2,1-7H3,(H,49,50)(H,45,46,47);1H/t26?,28-,41?;/m1./s1. The molecular weight excluding hydrogens is 754 g/mol. The molecule has 0 spiro atoms. The van der Waals surface area contributed by atoms with Gasteiger partial charge in [0.1, 0.15) is 12.1 Å². The Labute approximate surface area is 334 Å². The second-order valence-electron chi connectivity index (χ2n) is 16.3. The van der Waals surface area contributed by atoms with Crippen LogP contribution in [0.15, 0.2) is 59.6 Å². The van der Waals surface area contributed by atoms with Crippen LogP contribution in [0.5, 0.6) is 5.88 Å². The number of sulfonamides is 1. The molecular formula is C41H50ClN7O6S. The number of carbonyl (C=O) groups is 1. The Morgan fingerprint density at radius 2 is 1.75 bits per heavy atom. The van der Waals surface area contributed by atoms with Crippen LogP contribution in [0.1, 0.15) is 84.9 Å². The van der Waals surface area contributed by atoms with Crippen LogP contribution < -0.4 is 14.8 Å². The topological polar surface area (TPSA) is 170 Å². The summed E-state index contributed by atoms with van der Waals surface area (Å²) < 4.78 is 43.6. The molecule has 0 saturated heterocycles. The Morgan fingerprint density at radius 3 is 2.38 bits per heavy atom. The third-order valence-corrected chi connectivity index (χ3v) is 12.3. The molecule has 2 aromatic carbocycles. The van der Waals surface area contributed by atoms with E-state index in [1.807, 2.05) is 45.3 Å². The summed E-state index contributed by atoms with van der Waals surface area (Å²) in [5, 5.41) is 13.2. The zero-order chi connectivity index (χ0) is 39.3. The summed E-state index contributed by atoms with van der Waals surface area (Å²) in [6.45, 7) is 11.7. The van der Waals surface area contributed by atoms with Crippen LogP contribution in [0.2, 0.25) is 0 Å². The molecule has 3 N–H and O–H groups in total. The van der Waals surface area contributed by atoms with E-state index in [0.717, 1.165) is 63.2 Å². The number of hydrogen-bond donors (Lipinski definition) is 3. The van der Waals surface area contributed by atoms with Gasteiger partial charge in [-0.1, -0.05) is 45.0 Å². The van der Waals surface area contributed by atoms with E-state index in [9.17, 15) is 18.3 Å². The Kier molecular flexibility index (Phi) is 11.5. The highest BCUT2D eigenvalue weighted by Crippen LogP contribution is 2.66. The second-order valence-corrected chi connectivity index (χ2v) is 18.0. The lowest BCUT2D eigenvalue weighted by Gasteiger charge is -2.63. The number of benzene rings is 2.